The minimum Gasteiger partial charge on any atom is -0.465 e. The maximum atomic E-state index is 12.7. The van der Waals surface area contributed by atoms with Crippen LogP contribution in [-0.2, 0) is 23.8 Å². The molecular formula is C15H29NO5. The fourth-order valence-electron chi connectivity index (χ4n) is 1.97. The maximum absolute atomic E-state index is 12.7. The van der Waals surface area contributed by atoms with E-state index in [1.165, 1.54) is 0 Å². The number of carbonyl (C=O) groups excluding carboxylic acids is 2. The van der Waals surface area contributed by atoms with E-state index in [4.69, 9.17) is 14.2 Å². The van der Waals surface area contributed by atoms with Crippen LogP contribution in [0.2, 0.25) is 0 Å². The van der Waals surface area contributed by atoms with Crippen LogP contribution >= 0.6 is 0 Å². The molecule has 0 spiro atoms. The fraction of sp³-hybridized carbons (Fsp3) is 0.867. The largest absolute Gasteiger partial charge is 0.465 e. The van der Waals surface area contributed by atoms with Crippen LogP contribution in [0.3, 0.4) is 0 Å². The summed E-state index contributed by atoms with van der Waals surface area (Å²) in [6.07, 6.45) is 0. The van der Waals surface area contributed by atoms with E-state index >= 15 is 0 Å². The van der Waals surface area contributed by atoms with Crippen molar-refractivity contribution in [2.45, 2.75) is 27.7 Å². The molecule has 6 heteroatoms. The van der Waals surface area contributed by atoms with Crippen molar-refractivity contribution in [2.75, 3.05) is 47.1 Å². The first kappa shape index (κ1) is 19.9. The van der Waals surface area contributed by atoms with Crippen LogP contribution in [0.1, 0.15) is 27.7 Å². The molecule has 0 radical (unpaired) electrons. The summed E-state index contributed by atoms with van der Waals surface area (Å²) in [6.45, 7) is 9.23. The normalized spacial score (nSPS) is 12.9. The molecule has 0 aromatic carbocycles. The van der Waals surface area contributed by atoms with Gasteiger partial charge in [-0.15, -0.1) is 0 Å². The van der Waals surface area contributed by atoms with Gasteiger partial charge in [-0.05, 0) is 12.3 Å². The minimum atomic E-state index is -0.828. The number of amides is 1. The Balaban J connectivity index is 5.13. The SMILES string of the molecule is CCOC(=O)C(C(=O)N(CCOC)CCOC)C(C)(C)C. The van der Waals surface area contributed by atoms with E-state index in [1.54, 1.807) is 26.0 Å². The highest BCUT2D eigenvalue weighted by molar-refractivity contribution is 5.98. The van der Waals surface area contributed by atoms with E-state index in [0.717, 1.165) is 0 Å². The van der Waals surface area contributed by atoms with E-state index in [9.17, 15) is 9.59 Å². The van der Waals surface area contributed by atoms with Crippen molar-refractivity contribution in [3.05, 3.63) is 0 Å². The number of nitrogens with zero attached hydrogens (tertiary/aromatic N) is 1. The summed E-state index contributed by atoms with van der Waals surface area (Å²) < 4.78 is 15.1. The van der Waals surface area contributed by atoms with Gasteiger partial charge in [-0.1, -0.05) is 20.8 Å². The zero-order valence-corrected chi connectivity index (χ0v) is 14.1. The number of rotatable bonds is 9. The summed E-state index contributed by atoms with van der Waals surface area (Å²) >= 11 is 0. The van der Waals surface area contributed by atoms with E-state index in [2.05, 4.69) is 0 Å². The van der Waals surface area contributed by atoms with Crippen LogP contribution in [0.5, 0.6) is 0 Å². The molecule has 0 aromatic rings. The predicted octanol–water partition coefficient (Wildman–Crippen LogP) is 1.33. The number of esters is 1. The highest BCUT2D eigenvalue weighted by atomic mass is 16.5. The third-order valence-electron chi connectivity index (χ3n) is 3.08. The van der Waals surface area contributed by atoms with Gasteiger partial charge in [-0.2, -0.15) is 0 Å². The Bertz CT molecular complexity index is 317. The second-order valence-corrected chi connectivity index (χ2v) is 5.86. The Hall–Kier alpha value is -1.14. The lowest BCUT2D eigenvalue weighted by Crippen LogP contribution is -2.47. The molecule has 21 heavy (non-hydrogen) atoms. The van der Waals surface area contributed by atoms with Crippen molar-refractivity contribution < 1.29 is 23.8 Å². The Morgan fingerprint density at radius 3 is 1.86 bits per heavy atom. The van der Waals surface area contributed by atoms with Crippen LogP contribution in [0.15, 0.2) is 0 Å². The van der Waals surface area contributed by atoms with Gasteiger partial charge in [0.25, 0.3) is 0 Å². The molecule has 0 heterocycles. The molecule has 0 aromatic heterocycles. The van der Waals surface area contributed by atoms with Crippen LogP contribution in [0, 0.1) is 11.3 Å². The van der Waals surface area contributed by atoms with Gasteiger partial charge in [0.05, 0.1) is 19.8 Å². The molecule has 0 saturated carbocycles. The topological polar surface area (TPSA) is 65.1 Å². The van der Waals surface area contributed by atoms with Crippen LogP contribution < -0.4 is 0 Å². The van der Waals surface area contributed by atoms with Crippen molar-refractivity contribution in [3.8, 4) is 0 Å². The molecule has 0 N–H and O–H groups in total. The predicted molar refractivity (Wildman–Crippen MR) is 79.9 cm³/mol. The maximum Gasteiger partial charge on any atom is 0.319 e. The zero-order chi connectivity index (χ0) is 16.5. The minimum absolute atomic E-state index is 0.241. The van der Waals surface area contributed by atoms with Crippen molar-refractivity contribution in [2.24, 2.45) is 11.3 Å². The highest BCUT2D eigenvalue weighted by Crippen LogP contribution is 2.29. The highest BCUT2D eigenvalue weighted by Gasteiger charge is 2.41. The number of ether oxygens (including phenoxy) is 3. The van der Waals surface area contributed by atoms with Crippen LogP contribution in [0.4, 0.5) is 0 Å². The Morgan fingerprint density at radius 1 is 1.05 bits per heavy atom. The van der Waals surface area contributed by atoms with Crippen LogP contribution in [0.25, 0.3) is 0 Å². The van der Waals surface area contributed by atoms with Gasteiger partial charge in [0.1, 0.15) is 5.92 Å². The van der Waals surface area contributed by atoms with Gasteiger partial charge < -0.3 is 19.1 Å². The molecule has 1 unspecified atom stereocenters. The molecule has 0 aliphatic rings. The van der Waals surface area contributed by atoms with Crippen molar-refractivity contribution >= 4 is 11.9 Å². The lowest BCUT2D eigenvalue weighted by molar-refractivity contribution is -0.161. The second-order valence-electron chi connectivity index (χ2n) is 5.86. The molecule has 124 valence electrons. The average Bonchev–Trinajstić information content (AvgIpc) is 2.37. The van der Waals surface area contributed by atoms with E-state index in [-0.39, 0.29) is 12.5 Å². The van der Waals surface area contributed by atoms with E-state index < -0.39 is 17.3 Å². The second kappa shape index (κ2) is 9.73. The van der Waals surface area contributed by atoms with Crippen molar-refractivity contribution in [3.63, 3.8) is 0 Å². The molecule has 0 aliphatic heterocycles. The van der Waals surface area contributed by atoms with Crippen LogP contribution in [-0.4, -0.2) is 63.9 Å². The number of hydrogen-bond donors (Lipinski definition) is 0. The summed E-state index contributed by atoms with van der Waals surface area (Å²) in [4.78, 5) is 26.5. The van der Waals surface area contributed by atoms with E-state index in [1.807, 2.05) is 20.8 Å². The molecule has 1 amide bonds. The quantitative estimate of drug-likeness (QED) is 0.475. The standard InChI is InChI=1S/C15H29NO5/c1-7-21-14(18)12(15(2,3)4)13(17)16(8-10-19-5)9-11-20-6/h12H,7-11H2,1-6H3. The lowest BCUT2D eigenvalue weighted by atomic mass is 9.79. The van der Waals surface area contributed by atoms with Crippen molar-refractivity contribution in [1.82, 2.24) is 4.90 Å². The van der Waals surface area contributed by atoms with Gasteiger partial charge >= 0.3 is 5.97 Å². The summed E-state index contributed by atoms with van der Waals surface area (Å²) in [5.41, 5.74) is -0.512. The molecular weight excluding hydrogens is 274 g/mol. The van der Waals surface area contributed by atoms with Gasteiger partial charge in [-0.25, -0.2) is 0 Å². The zero-order valence-electron chi connectivity index (χ0n) is 14.1. The molecule has 0 rings (SSSR count). The molecule has 1 atom stereocenters. The summed E-state index contributed by atoms with van der Waals surface area (Å²) in [7, 11) is 3.15. The summed E-state index contributed by atoms with van der Waals surface area (Å²) in [5.74, 6) is -1.55. The molecule has 6 nitrogen and oxygen atoms in total. The monoisotopic (exact) mass is 303 g/mol. The number of hydrogen-bond acceptors (Lipinski definition) is 5. The Kier molecular flexibility index (Phi) is 9.21. The van der Waals surface area contributed by atoms with Gasteiger partial charge in [0, 0.05) is 27.3 Å². The lowest BCUT2D eigenvalue weighted by Gasteiger charge is -2.32. The fourth-order valence-corrected chi connectivity index (χ4v) is 1.97. The summed E-state index contributed by atoms with van der Waals surface area (Å²) in [5, 5.41) is 0. The number of carbonyl (C=O) groups is 2. The first-order valence-corrected chi connectivity index (χ1v) is 7.22. The third kappa shape index (κ3) is 6.91. The molecule has 0 saturated heterocycles. The van der Waals surface area contributed by atoms with E-state index in [0.29, 0.717) is 26.3 Å². The van der Waals surface area contributed by atoms with Gasteiger partial charge in [0.15, 0.2) is 0 Å². The molecule has 0 fully saturated rings. The van der Waals surface area contributed by atoms with Crippen molar-refractivity contribution in [1.29, 1.82) is 0 Å². The first-order chi connectivity index (χ1) is 9.79. The third-order valence-corrected chi connectivity index (χ3v) is 3.08. The van der Waals surface area contributed by atoms with Gasteiger partial charge in [0.2, 0.25) is 5.91 Å². The van der Waals surface area contributed by atoms with Gasteiger partial charge in [-0.3, -0.25) is 9.59 Å². The molecule has 0 bridgehead atoms. The average molecular weight is 303 g/mol. The summed E-state index contributed by atoms with van der Waals surface area (Å²) in [6, 6.07) is 0. The molecule has 0 aliphatic carbocycles. The first-order valence-electron chi connectivity index (χ1n) is 7.22. The number of methoxy groups -OCH3 is 2. The Labute approximate surface area is 127 Å². The smallest absolute Gasteiger partial charge is 0.319 e. The Morgan fingerprint density at radius 2 is 1.52 bits per heavy atom.